The average molecular weight is 399 g/mol. The van der Waals surface area contributed by atoms with E-state index in [9.17, 15) is 4.79 Å². The van der Waals surface area contributed by atoms with Crippen molar-refractivity contribution in [3.63, 3.8) is 0 Å². The molecule has 0 bridgehead atoms. The third kappa shape index (κ3) is 4.06. The van der Waals surface area contributed by atoms with Crippen LogP contribution in [0.3, 0.4) is 0 Å². The highest BCUT2D eigenvalue weighted by molar-refractivity contribution is 6.05. The molecule has 1 heterocycles. The van der Waals surface area contributed by atoms with Crippen LogP contribution in [0.15, 0.2) is 71.1 Å². The van der Waals surface area contributed by atoms with E-state index in [1.807, 2.05) is 55.5 Å². The van der Waals surface area contributed by atoms with Crippen LogP contribution in [0.4, 0.5) is 11.4 Å². The number of anilines is 2. The Morgan fingerprint density at radius 1 is 1.00 bits per heavy atom. The van der Waals surface area contributed by atoms with Crippen LogP contribution in [-0.2, 0) is 0 Å². The quantitative estimate of drug-likeness (QED) is 0.438. The molecule has 4 rings (SSSR count). The molecule has 0 saturated carbocycles. The number of carbonyl (C=O) groups is 1. The number of fused-ring (bicyclic) bond motifs is 1. The molecule has 0 radical (unpaired) electrons. The van der Waals surface area contributed by atoms with E-state index in [2.05, 4.69) is 41.2 Å². The maximum Gasteiger partial charge on any atom is 0.255 e. The predicted octanol–water partition coefficient (Wildman–Crippen LogP) is 5.90. The number of hydrogen-bond donors (Lipinski definition) is 1. The molecule has 30 heavy (non-hydrogen) atoms. The Labute approximate surface area is 176 Å². The summed E-state index contributed by atoms with van der Waals surface area (Å²) in [7, 11) is 0. The summed E-state index contributed by atoms with van der Waals surface area (Å²) < 4.78 is 5.93. The molecule has 0 spiro atoms. The van der Waals surface area contributed by atoms with Crippen molar-refractivity contribution in [2.75, 3.05) is 23.3 Å². The second-order valence-corrected chi connectivity index (χ2v) is 7.24. The van der Waals surface area contributed by atoms with Crippen LogP contribution in [0.1, 0.15) is 29.8 Å². The van der Waals surface area contributed by atoms with E-state index in [0.29, 0.717) is 28.2 Å². The molecular formula is C25H25N3O2. The van der Waals surface area contributed by atoms with Crippen LogP contribution in [0, 0.1) is 6.92 Å². The minimum Gasteiger partial charge on any atom is -0.436 e. The van der Waals surface area contributed by atoms with Crippen LogP contribution in [-0.4, -0.2) is 24.0 Å². The lowest BCUT2D eigenvalue weighted by molar-refractivity contribution is 0.102. The summed E-state index contributed by atoms with van der Waals surface area (Å²) in [6, 6.07) is 21.2. The second-order valence-electron chi connectivity index (χ2n) is 7.24. The van der Waals surface area contributed by atoms with Gasteiger partial charge >= 0.3 is 0 Å². The highest BCUT2D eigenvalue weighted by Gasteiger charge is 2.12. The number of carbonyl (C=O) groups excluding carboxylic acids is 1. The highest BCUT2D eigenvalue weighted by atomic mass is 16.3. The molecule has 1 amide bonds. The molecule has 4 aromatic rings. The molecule has 0 aliphatic rings. The standard InChI is InChI=1S/C25H25N3O2/c1-4-28(5-2)21-12-9-18(10-13-21)25-27-22-16-20(11-14-23(22)30-25)26-24(29)19-8-6-7-17(3)15-19/h6-16H,4-5H2,1-3H3,(H,26,29). The SMILES string of the molecule is CCN(CC)c1ccc(-c2nc3cc(NC(=O)c4cccc(C)c4)ccc3o2)cc1. The summed E-state index contributed by atoms with van der Waals surface area (Å²) in [5, 5.41) is 2.93. The van der Waals surface area contributed by atoms with E-state index >= 15 is 0 Å². The van der Waals surface area contributed by atoms with Gasteiger partial charge in [-0.1, -0.05) is 17.7 Å². The van der Waals surface area contributed by atoms with Crippen molar-refractivity contribution in [3.05, 3.63) is 77.9 Å². The fourth-order valence-corrected chi connectivity index (χ4v) is 3.52. The van der Waals surface area contributed by atoms with Gasteiger partial charge in [0, 0.05) is 35.6 Å². The first kappa shape index (κ1) is 19.7. The minimum atomic E-state index is -0.145. The maximum atomic E-state index is 12.5. The minimum absolute atomic E-state index is 0.145. The maximum absolute atomic E-state index is 12.5. The Morgan fingerprint density at radius 2 is 1.77 bits per heavy atom. The van der Waals surface area contributed by atoms with Crippen LogP contribution in [0.5, 0.6) is 0 Å². The first-order valence-corrected chi connectivity index (χ1v) is 10.2. The van der Waals surface area contributed by atoms with Gasteiger partial charge in [0.1, 0.15) is 5.52 Å². The molecule has 5 heteroatoms. The van der Waals surface area contributed by atoms with Crippen molar-refractivity contribution >= 4 is 28.4 Å². The molecule has 3 aromatic carbocycles. The normalized spacial score (nSPS) is 10.9. The molecule has 1 aromatic heterocycles. The van der Waals surface area contributed by atoms with E-state index in [1.165, 1.54) is 5.69 Å². The van der Waals surface area contributed by atoms with Gasteiger partial charge in [0.2, 0.25) is 5.89 Å². The lowest BCUT2D eigenvalue weighted by atomic mass is 10.1. The fourth-order valence-electron chi connectivity index (χ4n) is 3.52. The topological polar surface area (TPSA) is 58.4 Å². The molecule has 0 aliphatic carbocycles. The predicted molar refractivity (Wildman–Crippen MR) is 122 cm³/mol. The lowest BCUT2D eigenvalue weighted by Crippen LogP contribution is -2.21. The lowest BCUT2D eigenvalue weighted by Gasteiger charge is -2.20. The Kier molecular flexibility index (Phi) is 5.53. The van der Waals surface area contributed by atoms with Crippen LogP contribution in [0.25, 0.3) is 22.6 Å². The molecule has 5 nitrogen and oxygen atoms in total. The van der Waals surface area contributed by atoms with Crippen LogP contribution >= 0.6 is 0 Å². The van der Waals surface area contributed by atoms with Gasteiger partial charge in [-0.05, 0) is 75.4 Å². The monoisotopic (exact) mass is 399 g/mol. The summed E-state index contributed by atoms with van der Waals surface area (Å²) in [6.07, 6.45) is 0. The van der Waals surface area contributed by atoms with Gasteiger partial charge in [0.05, 0.1) is 0 Å². The Balaban J connectivity index is 1.56. The van der Waals surface area contributed by atoms with E-state index < -0.39 is 0 Å². The molecule has 0 fully saturated rings. The summed E-state index contributed by atoms with van der Waals surface area (Å²) in [5.41, 5.74) is 5.86. The first-order chi connectivity index (χ1) is 14.6. The first-order valence-electron chi connectivity index (χ1n) is 10.2. The van der Waals surface area contributed by atoms with E-state index in [0.717, 1.165) is 24.2 Å². The second kappa shape index (κ2) is 8.41. The molecule has 0 atom stereocenters. The fraction of sp³-hybridized carbons (Fsp3) is 0.200. The van der Waals surface area contributed by atoms with Crippen LogP contribution in [0.2, 0.25) is 0 Å². The number of rotatable bonds is 6. The molecule has 0 saturated heterocycles. The van der Waals surface area contributed by atoms with E-state index in [1.54, 1.807) is 6.07 Å². The number of hydrogen-bond acceptors (Lipinski definition) is 4. The van der Waals surface area contributed by atoms with Gasteiger partial charge in [0.25, 0.3) is 5.91 Å². The number of aromatic nitrogens is 1. The highest BCUT2D eigenvalue weighted by Crippen LogP contribution is 2.28. The van der Waals surface area contributed by atoms with E-state index in [-0.39, 0.29) is 5.91 Å². The van der Waals surface area contributed by atoms with Crippen molar-refractivity contribution in [1.29, 1.82) is 0 Å². The van der Waals surface area contributed by atoms with Gasteiger partial charge in [-0.25, -0.2) is 4.98 Å². The van der Waals surface area contributed by atoms with Crippen molar-refractivity contribution in [3.8, 4) is 11.5 Å². The number of benzene rings is 3. The van der Waals surface area contributed by atoms with Crippen LogP contribution < -0.4 is 10.2 Å². The van der Waals surface area contributed by atoms with E-state index in [4.69, 9.17) is 4.42 Å². The number of oxazole rings is 1. The van der Waals surface area contributed by atoms with Crippen molar-refractivity contribution in [1.82, 2.24) is 4.98 Å². The van der Waals surface area contributed by atoms with Crippen molar-refractivity contribution in [2.45, 2.75) is 20.8 Å². The number of nitrogens with one attached hydrogen (secondary N) is 1. The Hall–Kier alpha value is -3.60. The number of amides is 1. The van der Waals surface area contributed by atoms with Gasteiger partial charge in [-0.2, -0.15) is 0 Å². The van der Waals surface area contributed by atoms with Crippen molar-refractivity contribution in [2.24, 2.45) is 0 Å². The number of aryl methyl sites for hydroxylation is 1. The zero-order chi connectivity index (χ0) is 21.1. The smallest absolute Gasteiger partial charge is 0.255 e. The Morgan fingerprint density at radius 3 is 2.47 bits per heavy atom. The third-order valence-corrected chi connectivity index (χ3v) is 5.17. The summed E-state index contributed by atoms with van der Waals surface area (Å²) in [6.45, 7) is 8.20. The molecule has 0 unspecified atom stereocenters. The zero-order valence-electron chi connectivity index (χ0n) is 17.5. The Bertz CT molecular complexity index is 1170. The summed E-state index contributed by atoms with van der Waals surface area (Å²) >= 11 is 0. The van der Waals surface area contributed by atoms with Gasteiger partial charge < -0.3 is 14.6 Å². The molecular weight excluding hydrogens is 374 g/mol. The average Bonchev–Trinajstić information content (AvgIpc) is 3.18. The number of nitrogens with zero attached hydrogens (tertiary/aromatic N) is 2. The summed E-state index contributed by atoms with van der Waals surface area (Å²) in [4.78, 5) is 19.4. The molecule has 0 aliphatic heterocycles. The van der Waals surface area contributed by atoms with Gasteiger partial charge in [0.15, 0.2) is 5.58 Å². The third-order valence-electron chi connectivity index (χ3n) is 5.17. The summed E-state index contributed by atoms with van der Waals surface area (Å²) in [5.74, 6) is 0.423. The largest absolute Gasteiger partial charge is 0.436 e. The molecule has 1 N–H and O–H groups in total. The van der Waals surface area contributed by atoms with Crippen molar-refractivity contribution < 1.29 is 9.21 Å². The van der Waals surface area contributed by atoms with Gasteiger partial charge in [-0.15, -0.1) is 0 Å². The van der Waals surface area contributed by atoms with Gasteiger partial charge in [-0.3, -0.25) is 4.79 Å². The molecule has 152 valence electrons. The zero-order valence-corrected chi connectivity index (χ0v) is 17.5.